The Labute approximate surface area is 104 Å². The Morgan fingerprint density at radius 1 is 1.31 bits per heavy atom. The molecule has 0 heterocycles. The number of hydrogen-bond acceptors (Lipinski definition) is 1. The summed E-state index contributed by atoms with van der Waals surface area (Å²) in [6, 6.07) is 5.12. The molecule has 3 heteroatoms. The predicted molar refractivity (Wildman–Crippen MR) is 69.5 cm³/mol. The van der Waals surface area contributed by atoms with Gasteiger partial charge in [-0.2, -0.15) is 0 Å². The van der Waals surface area contributed by atoms with Gasteiger partial charge in [0.15, 0.2) is 0 Å². The Bertz CT molecular complexity index is 315. The number of nitrogens with two attached hydrogens (primary N) is 1. The first-order chi connectivity index (χ1) is 7.16. The molecular weight excluding hydrogens is 225 g/mol. The lowest BCUT2D eigenvalue weighted by Crippen LogP contribution is -2.12. The van der Waals surface area contributed by atoms with Crippen LogP contribution in [0.4, 0.5) is 4.39 Å². The summed E-state index contributed by atoms with van der Waals surface area (Å²) in [6.07, 6.45) is 4.45. The van der Waals surface area contributed by atoms with Crippen LogP contribution in [-0.2, 0) is 0 Å². The van der Waals surface area contributed by atoms with Crippen LogP contribution in [0.2, 0.25) is 0 Å². The summed E-state index contributed by atoms with van der Waals surface area (Å²) in [5.41, 5.74) is 7.68. The quantitative estimate of drug-likeness (QED) is 0.776. The van der Waals surface area contributed by atoms with Crippen molar-refractivity contribution in [1.29, 1.82) is 0 Å². The van der Waals surface area contributed by atoms with Gasteiger partial charge in [0, 0.05) is 6.04 Å². The van der Waals surface area contributed by atoms with E-state index in [-0.39, 0.29) is 24.3 Å². The molecule has 0 aliphatic heterocycles. The van der Waals surface area contributed by atoms with E-state index in [1.54, 1.807) is 13.0 Å². The Morgan fingerprint density at radius 2 is 2.00 bits per heavy atom. The van der Waals surface area contributed by atoms with Crippen LogP contribution < -0.4 is 5.73 Å². The van der Waals surface area contributed by atoms with E-state index in [4.69, 9.17) is 5.73 Å². The Balaban J connectivity index is 0.00000225. The van der Waals surface area contributed by atoms with Gasteiger partial charge in [0.2, 0.25) is 0 Å². The third-order valence-corrected chi connectivity index (χ3v) is 2.83. The summed E-state index contributed by atoms with van der Waals surface area (Å²) in [7, 11) is 0. The van der Waals surface area contributed by atoms with Crippen LogP contribution in [0, 0.1) is 12.7 Å². The van der Waals surface area contributed by atoms with Gasteiger partial charge < -0.3 is 5.73 Å². The molecule has 0 bridgehead atoms. The molecule has 1 aromatic rings. The van der Waals surface area contributed by atoms with Crippen molar-refractivity contribution in [3.8, 4) is 0 Å². The van der Waals surface area contributed by atoms with Crippen molar-refractivity contribution in [2.75, 3.05) is 0 Å². The van der Waals surface area contributed by atoms with Crippen molar-refractivity contribution in [3.05, 3.63) is 35.1 Å². The Morgan fingerprint density at radius 3 is 2.62 bits per heavy atom. The van der Waals surface area contributed by atoms with Crippen LogP contribution in [0.3, 0.4) is 0 Å². The van der Waals surface area contributed by atoms with Crippen LogP contribution in [-0.4, -0.2) is 0 Å². The van der Waals surface area contributed by atoms with Gasteiger partial charge in [-0.25, -0.2) is 4.39 Å². The number of halogens is 2. The first-order valence-corrected chi connectivity index (χ1v) is 5.67. The van der Waals surface area contributed by atoms with Gasteiger partial charge in [0.1, 0.15) is 5.82 Å². The van der Waals surface area contributed by atoms with Crippen LogP contribution in [0.15, 0.2) is 18.2 Å². The molecule has 1 atom stereocenters. The normalized spacial score (nSPS) is 12.0. The molecule has 1 rings (SSSR count). The second kappa shape index (κ2) is 7.64. The fourth-order valence-corrected chi connectivity index (χ4v) is 1.80. The molecule has 0 aromatic heterocycles. The zero-order valence-corrected chi connectivity index (χ0v) is 10.8. The van der Waals surface area contributed by atoms with Crippen LogP contribution in [0.25, 0.3) is 0 Å². The lowest BCUT2D eigenvalue weighted by Gasteiger charge is -2.14. The van der Waals surface area contributed by atoms with Crippen molar-refractivity contribution >= 4 is 12.4 Å². The molecule has 92 valence electrons. The van der Waals surface area contributed by atoms with Crippen molar-refractivity contribution in [2.45, 2.75) is 45.6 Å². The second-order valence-corrected chi connectivity index (χ2v) is 4.06. The average Bonchev–Trinajstić information content (AvgIpc) is 2.22. The monoisotopic (exact) mass is 245 g/mol. The van der Waals surface area contributed by atoms with E-state index in [0.29, 0.717) is 5.56 Å². The molecule has 1 nitrogen and oxygen atoms in total. The SMILES string of the molecule is CCCCC[C@@H](N)c1cccc(F)c1C.Cl. The largest absolute Gasteiger partial charge is 0.324 e. The maximum atomic E-state index is 13.3. The molecule has 2 N–H and O–H groups in total. The number of benzene rings is 1. The van der Waals surface area contributed by atoms with Gasteiger partial charge >= 0.3 is 0 Å². The third-order valence-electron chi connectivity index (χ3n) is 2.83. The zero-order valence-electron chi connectivity index (χ0n) is 10.0. The van der Waals surface area contributed by atoms with E-state index in [1.807, 2.05) is 6.07 Å². The molecule has 16 heavy (non-hydrogen) atoms. The van der Waals surface area contributed by atoms with Gasteiger partial charge in [-0.05, 0) is 30.5 Å². The zero-order chi connectivity index (χ0) is 11.3. The summed E-state index contributed by atoms with van der Waals surface area (Å²) >= 11 is 0. The molecule has 0 amide bonds. The fourth-order valence-electron chi connectivity index (χ4n) is 1.80. The van der Waals surface area contributed by atoms with E-state index in [9.17, 15) is 4.39 Å². The van der Waals surface area contributed by atoms with Crippen LogP contribution in [0.1, 0.15) is 49.8 Å². The highest BCUT2D eigenvalue weighted by Crippen LogP contribution is 2.22. The summed E-state index contributed by atoms with van der Waals surface area (Å²) in [6.45, 7) is 3.96. The average molecular weight is 246 g/mol. The highest BCUT2D eigenvalue weighted by Gasteiger charge is 2.10. The molecule has 0 aliphatic carbocycles. The lowest BCUT2D eigenvalue weighted by molar-refractivity contribution is 0.567. The summed E-state index contributed by atoms with van der Waals surface area (Å²) in [5.74, 6) is -0.154. The maximum Gasteiger partial charge on any atom is 0.126 e. The minimum absolute atomic E-state index is 0. The Hall–Kier alpha value is -0.600. The van der Waals surface area contributed by atoms with Crippen LogP contribution in [0.5, 0.6) is 0 Å². The lowest BCUT2D eigenvalue weighted by atomic mass is 9.97. The minimum Gasteiger partial charge on any atom is -0.324 e. The molecule has 0 radical (unpaired) electrons. The summed E-state index contributed by atoms with van der Waals surface area (Å²) in [4.78, 5) is 0. The van der Waals surface area contributed by atoms with Gasteiger partial charge in [0.25, 0.3) is 0 Å². The maximum absolute atomic E-state index is 13.3. The number of hydrogen-bond donors (Lipinski definition) is 1. The number of unbranched alkanes of at least 4 members (excludes halogenated alkanes) is 2. The molecule has 0 unspecified atom stereocenters. The molecule has 0 spiro atoms. The molecule has 1 aromatic carbocycles. The predicted octanol–water partition coefficient (Wildman–Crippen LogP) is 4.14. The van der Waals surface area contributed by atoms with Gasteiger partial charge in [-0.3, -0.25) is 0 Å². The van der Waals surface area contributed by atoms with Crippen molar-refractivity contribution in [2.24, 2.45) is 5.73 Å². The van der Waals surface area contributed by atoms with Gasteiger partial charge in [-0.1, -0.05) is 38.3 Å². The molecular formula is C13H21ClFN. The van der Waals surface area contributed by atoms with Crippen LogP contribution >= 0.6 is 12.4 Å². The standard InChI is InChI=1S/C13H20FN.ClH/c1-3-4-5-9-13(15)11-7-6-8-12(14)10(11)2;/h6-8,13H,3-5,9,15H2,1-2H3;1H/t13-;/m1./s1. The highest BCUT2D eigenvalue weighted by molar-refractivity contribution is 5.85. The summed E-state index contributed by atoms with van der Waals surface area (Å²) in [5, 5.41) is 0. The number of rotatable bonds is 5. The fraction of sp³-hybridized carbons (Fsp3) is 0.538. The van der Waals surface area contributed by atoms with Crippen molar-refractivity contribution in [3.63, 3.8) is 0 Å². The molecule has 0 saturated heterocycles. The second-order valence-electron chi connectivity index (χ2n) is 4.06. The Kier molecular flexibility index (Phi) is 7.35. The van der Waals surface area contributed by atoms with E-state index in [0.717, 1.165) is 18.4 Å². The van der Waals surface area contributed by atoms with Crippen molar-refractivity contribution < 1.29 is 4.39 Å². The smallest absolute Gasteiger partial charge is 0.126 e. The summed E-state index contributed by atoms with van der Waals surface area (Å²) < 4.78 is 13.3. The molecule has 0 saturated carbocycles. The van der Waals surface area contributed by atoms with Gasteiger partial charge in [-0.15, -0.1) is 12.4 Å². The first kappa shape index (κ1) is 15.4. The molecule has 0 aliphatic rings. The topological polar surface area (TPSA) is 26.0 Å². The van der Waals surface area contributed by atoms with E-state index < -0.39 is 0 Å². The van der Waals surface area contributed by atoms with E-state index in [2.05, 4.69) is 6.92 Å². The van der Waals surface area contributed by atoms with E-state index in [1.165, 1.54) is 18.9 Å². The van der Waals surface area contributed by atoms with E-state index >= 15 is 0 Å². The third kappa shape index (κ3) is 4.11. The highest BCUT2D eigenvalue weighted by atomic mass is 35.5. The van der Waals surface area contributed by atoms with Gasteiger partial charge in [0.05, 0.1) is 0 Å². The first-order valence-electron chi connectivity index (χ1n) is 5.67. The minimum atomic E-state index is -0.154. The molecule has 0 fully saturated rings. The van der Waals surface area contributed by atoms with Crippen molar-refractivity contribution in [1.82, 2.24) is 0 Å².